The summed E-state index contributed by atoms with van der Waals surface area (Å²) in [4.78, 5) is 13.3. The van der Waals surface area contributed by atoms with E-state index in [1.54, 1.807) is 0 Å². The van der Waals surface area contributed by atoms with E-state index in [2.05, 4.69) is 67.0 Å². The Labute approximate surface area is 168 Å². The molecular weight excluding hydrogens is 502 g/mol. The maximum absolute atomic E-state index is 13.2. The fourth-order valence-electron chi connectivity index (χ4n) is 4.74. The number of halogens is 3. The second-order valence-corrected chi connectivity index (χ2v) is 11.2. The predicted molar refractivity (Wildman–Crippen MR) is 108 cm³/mol. The van der Waals surface area contributed by atoms with Gasteiger partial charge < -0.3 is 10.1 Å². The number of hydrogen-bond donors (Lipinski definition) is 1. The highest BCUT2D eigenvalue weighted by Gasteiger charge is 2.83. The number of anilines is 1. The van der Waals surface area contributed by atoms with Gasteiger partial charge in [-0.2, -0.15) is 0 Å². The molecular formula is C18H22Br3NO2. The summed E-state index contributed by atoms with van der Waals surface area (Å²) in [6, 6.07) is 7.57. The van der Waals surface area contributed by atoms with Crippen LogP contribution in [0, 0.1) is 16.2 Å². The van der Waals surface area contributed by atoms with Gasteiger partial charge in [0, 0.05) is 15.9 Å². The Hall–Kier alpha value is -0.0700. The molecule has 2 bridgehead atoms. The molecule has 1 N–H and O–H groups in total. The average Bonchev–Trinajstić information content (AvgIpc) is 2.99. The number of ether oxygens (including phenoxy) is 1. The highest BCUT2D eigenvalue weighted by Crippen LogP contribution is 2.82. The second-order valence-electron chi connectivity index (χ2n) is 7.21. The van der Waals surface area contributed by atoms with Gasteiger partial charge in [0.2, 0.25) is 5.91 Å². The molecule has 4 rings (SSSR count). The molecule has 0 aromatic heterocycles. The zero-order valence-electron chi connectivity index (χ0n) is 14.0. The molecule has 24 heavy (non-hydrogen) atoms. The number of alkyl halides is 3. The van der Waals surface area contributed by atoms with Gasteiger partial charge in [-0.3, -0.25) is 4.79 Å². The largest absolute Gasteiger partial charge is 0.494 e. The van der Waals surface area contributed by atoms with Crippen molar-refractivity contribution in [3.8, 4) is 5.75 Å². The van der Waals surface area contributed by atoms with Gasteiger partial charge in [0.1, 0.15) is 5.75 Å². The highest BCUT2D eigenvalue weighted by atomic mass is 79.9. The van der Waals surface area contributed by atoms with Crippen molar-refractivity contribution in [1.82, 2.24) is 0 Å². The number of carbonyl (C=O) groups excluding carboxylic acids is 1. The normalized spacial score (nSPS) is 33.2. The first kappa shape index (κ1) is 18.7. The molecule has 3 aliphatic rings. The SMILES string of the molecule is CCOc1ccc(NC(=O)C23CCC(C(Br)Br)(C2Br)C3(C)C)cc1. The molecule has 0 spiro atoms. The highest BCUT2D eigenvalue weighted by molar-refractivity contribution is 9.24. The van der Waals surface area contributed by atoms with E-state index >= 15 is 0 Å². The standard InChI is InChI=1S/C18H22Br3NO2/c1-4-24-12-7-5-11(6-8-12)22-15(23)18-10-9-17(13(18)19,14(20)21)16(18,2)3/h5-8,13-14H,4,9-10H2,1-3H3,(H,22,23). The minimum atomic E-state index is -0.384. The molecule has 1 aromatic carbocycles. The number of hydrogen-bond acceptors (Lipinski definition) is 2. The summed E-state index contributed by atoms with van der Waals surface area (Å²) in [7, 11) is 0. The van der Waals surface area contributed by atoms with Gasteiger partial charge in [0.25, 0.3) is 0 Å². The van der Waals surface area contributed by atoms with Crippen LogP contribution in [0.4, 0.5) is 5.69 Å². The summed E-state index contributed by atoms with van der Waals surface area (Å²) < 4.78 is 5.64. The van der Waals surface area contributed by atoms with Crippen LogP contribution in [0.2, 0.25) is 0 Å². The van der Waals surface area contributed by atoms with Crippen LogP contribution in [-0.4, -0.2) is 21.1 Å². The Morgan fingerprint density at radius 2 is 1.92 bits per heavy atom. The van der Waals surface area contributed by atoms with Crippen molar-refractivity contribution in [2.75, 3.05) is 11.9 Å². The smallest absolute Gasteiger partial charge is 0.232 e. The zero-order chi connectivity index (χ0) is 17.8. The molecule has 3 nitrogen and oxygen atoms in total. The van der Waals surface area contributed by atoms with Crippen molar-refractivity contribution < 1.29 is 9.53 Å². The first-order valence-corrected chi connectivity index (χ1v) is 11.0. The van der Waals surface area contributed by atoms with E-state index in [0.717, 1.165) is 24.3 Å². The van der Waals surface area contributed by atoms with Gasteiger partial charge in [0.05, 0.1) is 15.8 Å². The van der Waals surface area contributed by atoms with Crippen molar-refractivity contribution in [3.63, 3.8) is 0 Å². The summed E-state index contributed by atoms with van der Waals surface area (Å²) in [5, 5.41) is 3.12. The number of fused-ring (bicyclic) bond motifs is 1. The van der Waals surface area contributed by atoms with E-state index in [-0.39, 0.29) is 30.7 Å². The summed E-state index contributed by atoms with van der Waals surface area (Å²) in [5.41, 5.74) is 0.377. The third-order valence-corrected chi connectivity index (χ3v) is 9.55. The Morgan fingerprint density at radius 3 is 2.38 bits per heavy atom. The van der Waals surface area contributed by atoms with E-state index in [0.29, 0.717) is 6.61 Å². The lowest BCUT2D eigenvalue weighted by atomic mass is 9.43. The fourth-order valence-corrected chi connectivity index (χ4v) is 9.66. The molecule has 0 heterocycles. The third kappa shape index (κ3) is 2.21. The lowest BCUT2D eigenvalue weighted by Crippen LogP contribution is -2.71. The molecule has 0 radical (unpaired) electrons. The minimum absolute atomic E-state index is 0.0448. The maximum atomic E-state index is 13.2. The van der Waals surface area contributed by atoms with Crippen LogP contribution in [0.1, 0.15) is 33.6 Å². The van der Waals surface area contributed by atoms with Gasteiger partial charge in [-0.15, -0.1) is 0 Å². The number of carbonyl (C=O) groups is 1. The van der Waals surface area contributed by atoms with E-state index < -0.39 is 0 Å². The fraction of sp³-hybridized carbons (Fsp3) is 0.611. The molecule has 1 amide bonds. The van der Waals surface area contributed by atoms with Gasteiger partial charge in [-0.25, -0.2) is 0 Å². The molecule has 0 aliphatic heterocycles. The number of rotatable bonds is 5. The second kappa shape index (κ2) is 6.27. The minimum Gasteiger partial charge on any atom is -0.494 e. The van der Waals surface area contributed by atoms with Crippen LogP contribution in [0.15, 0.2) is 24.3 Å². The summed E-state index contributed by atoms with van der Waals surface area (Å²) in [5.74, 6) is 0.921. The first-order valence-electron chi connectivity index (χ1n) is 8.20. The van der Waals surface area contributed by atoms with Crippen LogP contribution in [0.3, 0.4) is 0 Å². The summed E-state index contributed by atoms with van der Waals surface area (Å²) >= 11 is 11.3. The zero-order valence-corrected chi connectivity index (χ0v) is 18.8. The van der Waals surface area contributed by atoms with E-state index in [1.807, 2.05) is 31.2 Å². The van der Waals surface area contributed by atoms with Crippen LogP contribution in [0.5, 0.6) is 5.75 Å². The summed E-state index contributed by atoms with van der Waals surface area (Å²) in [6.07, 6.45) is 1.92. The van der Waals surface area contributed by atoms with Crippen LogP contribution in [0.25, 0.3) is 0 Å². The molecule has 1 aromatic rings. The van der Waals surface area contributed by atoms with Crippen LogP contribution in [-0.2, 0) is 4.79 Å². The predicted octanol–water partition coefficient (Wildman–Crippen LogP) is 5.71. The van der Waals surface area contributed by atoms with Crippen LogP contribution < -0.4 is 10.1 Å². The lowest BCUT2D eigenvalue weighted by Gasteiger charge is -2.66. The van der Waals surface area contributed by atoms with Crippen molar-refractivity contribution >= 4 is 59.4 Å². The Morgan fingerprint density at radius 1 is 1.29 bits per heavy atom. The molecule has 0 saturated heterocycles. The Balaban J connectivity index is 1.81. The first-order chi connectivity index (χ1) is 11.2. The van der Waals surface area contributed by atoms with Gasteiger partial charge in [-0.1, -0.05) is 61.6 Å². The summed E-state index contributed by atoms with van der Waals surface area (Å²) in [6.45, 7) is 7.02. The molecule has 3 fully saturated rings. The van der Waals surface area contributed by atoms with E-state index in [4.69, 9.17) is 4.74 Å². The molecule has 3 atom stereocenters. The van der Waals surface area contributed by atoms with Gasteiger partial charge in [0.15, 0.2) is 0 Å². The average molecular weight is 524 g/mol. The molecule has 132 valence electrons. The Bertz CT molecular complexity index is 646. The van der Waals surface area contributed by atoms with Crippen molar-refractivity contribution in [3.05, 3.63) is 24.3 Å². The van der Waals surface area contributed by atoms with Gasteiger partial charge >= 0.3 is 0 Å². The quantitative estimate of drug-likeness (QED) is 0.502. The maximum Gasteiger partial charge on any atom is 0.232 e. The number of benzene rings is 1. The molecule has 3 aliphatic carbocycles. The molecule has 3 saturated carbocycles. The number of amides is 1. The van der Waals surface area contributed by atoms with Crippen LogP contribution >= 0.6 is 47.8 Å². The van der Waals surface area contributed by atoms with Crippen molar-refractivity contribution in [2.45, 2.75) is 42.2 Å². The lowest BCUT2D eigenvalue weighted by molar-refractivity contribution is -0.155. The van der Waals surface area contributed by atoms with E-state index in [1.165, 1.54) is 0 Å². The van der Waals surface area contributed by atoms with E-state index in [9.17, 15) is 4.79 Å². The number of nitrogens with one attached hydrogen (secondary N) is 1. The van der Waals surface area contributed by atoms with Crippen molar-refractivity contribution in [1.29, 1.82) is 0 Å². The molecule has 3 unspecified atom stereocenters. The topological polar surface area (TPSA) is 38.3 Å². The van der Waals surface area contributed by atoms with Crippen molar-refractivity contribution in [2.24, 2.45) is 16.2 Å². The Kier molecular flexibility index (Phi) is 4.89. The molecule has 6 heteroatoms. The third-order valence-electron chi connectivity index (χ3n) is 6.31. The monoisotopic (exact) mass is 521 g/mol. The van der Waals surface area contributed by atoms with Gasteiger partial charge in [-0.05, 0) is 49.4 Å².